The van der Waals surface area contributed by atoms with Crippen LogP contribution in [-0.4, -0.2) is 50.2 Å². The third kappa shape index (κ3) is 4.72. The molecule has 0 saturated heterocycles. The smallest absolute Gasteiger partial charge is 0.238 e. The zero-order valence-corrected chi connectivity index (χ0v) is 20.7. The van der Waals surface area contributed by atoms with Crippen molar-refractivity contribution in [2.75, 3.05) is 0 Å². The summed E-state index contributed by atoms with van der Waals surface area (Å²) in [4.78, 5) is 28.8. The molecule has 0 spiro atoms. The number of primary amides is 1. The molecule has 2 atom stereocenters. The number of amides is 2. The lowest BCUT2D eigenvalue weighted by atomic mass is 9.65. The lowest BCUT2D eigenvalue weighted by Gasteiger charge is -2.53. The molecule has 184 valence electrons. The number of aliphatic hydroxyl groups is 2. The van der Waals surface area contributed by atoms with Crippen molar-refractivity contribution in [2.24, 2.45) is 23.0 Å². The Balaban J connectivity index is 2.13. The number of hydrogen-bond donors (Lipinski definition) is 3. The summed E-state index contributed by atoms with van der Waals surface area (Å²) in [6, 6.07) is -0.828. The highest BCUT2D eigenvalue weighted by molar-refractivity contribution is 6.05. The van der Waals surface area contributed by atoms with Gasteiger partial charge in [-0.15, -0.1) is 0 Å². The number of nitrogens with two attached hydrogens (primary N) is 1. The van der Waals surface area contributed by atoms with Gasteiger partial charge < -0.3 is 20.8 Å². The van der Waals surface area contributed by atoms with E-state index in [1.165, 1.54) is 0 Å². The van der Waals surface area contributed by atoms with Gasteiger partial charge in [0, 0.05) is 0 Å². The molecule has 6 heteroatoms. The van der Waals surface area contributed by atoms with Crippen molar-refractivity contribution < 1.29 is 19.8 Å². The van der Waals surface area contributed by atoms with Crippen molar-refractivity contribution in [1.82, 2.24) is 4.90 Å². The topological polar surface area (TPSA) is 104 Å². The molecule has 3 fully saturated rings. The molecule has 0 aromatic rings. The molecular weight excluding hydrogens is 404 g/mol. The van der Waals surface area contributed by atoms with Gasteiger partial charge in [0.25, 0.3) is 0 Å². The Labute approximate surface area is 194 Å². The van der Waals surface area contributed by atoms with Crippen molar-refractivity contribution in [2.45, 2.75) is 134 Å². The number of nitrogens with zero attached hydrogens (tertiary/aromatic N) is 1. The van der Waals surface area contributed by atoms with Crippen molar-refractivity contribution in [3.63, 3.8) is 0 Å². The first-order valence-corrected chi connectivity index (χ1v) is 13.0. The van der Waals surface area contributed by atoms with Gasteiger partial charge in [-0.1, -0.05) is 59.8 Å². The lowest BCUT2D eigenvalue weighted by molar-refractivity contribution is -0.177. The van der Waals surface area contributed by atoms with Crippen molar-refractivity contribution >= 4 is 11.8 Å². The summed E-state index contributed by atoms with van der Waals surface area (Å²) < 4.78 is 0. The van der Waals surface area contributed by atoms with Gasteiger partial charge in [0.15, 0.2) is 0 Å². The van der Waals surface area contributed by atoms with Crippen LogP contribution in [0.4, 0.5) is 0 Å². The minimum atomic E-state index is -1.19. The summed E-state index contributed by atoms with van der Waals surface area (Å²) in [6.45, 7) is 8.46. The van der Waals surface area contributed by atoms with E-state index >= 15 is 0 Å². The molecule has 0 heterocycles. The van der Waals surface area contributed by atoms with Gasteiger partial charge >= 0.3 is 0 Å². The van der Waals surface area contributed by atoms with Crippen molar-refractivity contribution in [3.05, 3.63) is 0 Å². The maximum atomic E-state index is 14.3. The highest BCUT2D eigenvalue weighted by Gasteiger charge is 2.58. The van der Waals surface area contributed by atoms with E-state index in [2.05, 4.69) is 27.7 Å². The molecular formula is C26H46N2O4. The molecule has 0 bridgehead atoms. The van der Waals surface area contributed by atoms with E-state index in [1.807, 2.05) is 4.90 Å². The molecule has 2 unspecified atom stereocenters. The van der Waals surface area contributed by atoms with Gasteiger partial charge in [-0.2, -0.15) is 0 Å². The van der Waals surface area contributed by atoms with Crippen LogP contribution < -0.4 is 5.73 Å². The maximum Gasteiger partial charge on any atom is 0.238 e. The van der Waals surface area contributed by atoms with Gasteiger partial charge in [0.05, 0.1) is 23.3 Å². The SMILES string of the molecule is CC(C)CC(N(C(=O)C1(C(N)=O)CCC1)C(CC(C)C)C1(O)CCCC1)C1(O)CCCC1. The van der Waals surface area contributed by atoms with E-state index in [-0.39, 0.29) is 17.7 Å². The van der Waals surface area contributed by atoms with Crippen LogP contribution >= 0.6 is 0 Å². The molecule has 6 nitrogen and oxygen atoms in total. The molecule has 3 rings (SSSR count). The van der Waals surface area contributed by atoms with Crippen LogP contribution in [-0.2, 0) is 9.59 Å². The van der Waals surface area contributed by atoms with E-state index in [4.69, 9.17) is 5.73 Å². The van der Waals surface area contributed by atoms with Gasteiger partial charge in [-0.05, 0) is 63.2 Å². The average molecular weight is 451 g/mol. The molecule has 3 aliphatic rings. The minimum Gasteiger partial charge on any atom is -0.388 e. The molecule has 3 aliphatic carbocycles. The third-order valence-electron chi connectivity index (χ3n) is 8.56. The van der Waals surface area contributed by atoms with Gasteiger partial charge in [-0.3, -0.25) is 9.59 Å². The second kappa shape index (κ2) is 9.61. The molecule has 3 saturated carbocycles. The molecule has 0 aromatic carbocycles. The summed E-state index contributed by atoms with van der Waals surface area (Å²) in [6.07, 6.45) is 9.43. The molecule has 0 radical (unpaired) electrons. The normalized spacial score (nSPS) is 25.5. The van der Waals surface area contributed by atoms with E-state index < -0.39 is 34.6 Å². The Morgan fingerprint density at radius 2 is 1.12 bits per heavy atom. The van der Waals surface area contributed by atoms with Crippen LogP contribution in [0.25, 0.3) is 0 Å². The minimum absolute atomic E-state index is 0.242. The Morgan fingerprint density at radius 3 is 1.38 bits per heavy atom. The molecule has 32 heavy (non-hydrogen) atoms. The second-order valence-corrected chi connectivity index (χ2v) is 11.9. The predicted molar refractivity (Wildman–Crippen MR) is 126 cm³/mol. The fourth-order valence-electron chi connectivity index (χ4n) is 6.56. The summed E-state index contributed by atoms with van der Waals surface area (Å²) in [5, 5.41) is 23.7. The van der Waals surface area contributed by atoms with E-state index in [1.54, 1.807) is 0 Å². The Morgan fingerprint density at radius 1 is 0.750 bits per heavy atom. The fraction of sp³-hybridized carbons (Fsp3) is 0.923. The zero-order valence-electron chi connectivity index (χ0n) is 20.7. The number of carbonyl (C=O) groups is 2. The zero-order chi connectivity index (χ0) is 23.7. The predicted octanol–water partition coefficient (Wildman–Crippen LogP) is 3.91. The standard InChI is InChI=1S/C26H46N2O4/c1-18(2)16-20(25(31)12-5-6-13-25)28(23(30)24(22(27)29)10-9-11-24)21(17-19(3)4)26(32)14-7-8-15-26/h18-21,31-32H,5-17H2,1-4H3,(H2,27,29). The van der Waals surface area contributed by atoms with Crippen LogP contribution in [0.1, 0.15) is 111 Å². The van der Waals surface area contributed by atoms with Crippen LogP contribution in [0.5, 0.6) is 0 Å². The summed E-state index contributed by atoms with van der Waals surface area (Å²) in [7, 11) is 0. The number of carbonyl (C=O) groups excluding carboxylic acids is 2. The Bertz CT molecular complexity index is 637. The van der Waals surface area contributed by atoms with Gasteiger partial charge in [0.1, 0.15) is 5.41 Å². The van der Waals surface area contributed by atoms with Crippen LogP contribution in [0.15, 0.2) is 0 Å². The molecule has 2 amide bonds. The Kier molecular flexibility index (Phi) is 7.66. The summed E-state index contributed by atoms with van der Waals surface area (Å²) in [5.74, 6) is -0.261. The van der Waals surface area contributed by atoms with E-state index in [9.17, 15) is 19.8 Å². The van der Waals surface area contributed by atoms with Crippen LogP contribution in [0.2, 0.25) is 0 Å². The van der Waals surface area contributed by atoms with Gasteiger partial charge in [-0.25, -0.2) is 0 Å². The molecule has 0 aliphatic heterocycles. The summed E-state index contributed by atoms with van der Waals surface area (Å²) in [5.41, 5.74) is 2.69. The van der Waals surface area contributed by atoms with Crippen molar-refractivity contribution in [3.8, 4) is 0 Å². The Hall–Kier alpha value is -1.14. The maximum absolute atomic E-state index is 14.3. The molecule has 0 aromatic heterocycles. The van der Waals surface area contributed by atoms with Crippen LogP contribution in [0.3, 0.4) is 0 Å². The third-order valence-corrected chi connectivity index (χ3v) is 8.56. The molecule has 4 N–H and O–H groups in total. The summed E-state index contributed by atoms with van der Waals surface area (Å²) >= 11 is 0. The van der Waals surface area contributed by atoms with Gasteiger partial charge in [0.2, 0.25) is 11.8 Å². The van der Waals surface area contributed by atoms with E-state index in [0.717, 1.165) is 32.1 Å². The highest BCUT2D eigenvalue weighted by Crippen LogP contribution is 2.49. The van der Waals surface area contributed by atoms with Crippen molar-refractivity contribution in [1.29, 1.82) is 0 Å². The lowest BCUT2D eigenvalue weighted by Crippen LogP contribution is -2.68. The first kappa shape index (κ1) is 25.5. The number of rotatable bonds is 10. The monoisotopic (exact) mass is 450 g/mol. The quantitative estimate of drug-likeness (QED) is 0.439. The van der Waals surface area contributed by atoms with Crippen LogP contribution in [0, 0.1) is 17.3 Å². The first-order chi connectivity index (χ1) is 15.0. The first-order valence-electron chi connectivity index (χ1n) is 13.0. The number of hydrogen-bond acceptors (Lipinski definition) is 4. The van der Waals surface area contributed by atoms with E-state index in [0.29, 0.717) is 51.4 Å². The highest BCUT2D eigenvalue weighted by atomic mass is 16.3. The average Bonchev–Trinajstić information content (AvgIpc) is 3.28. The second-order valence-electron chi connectivity index (χ2n) is 11.9. The fourth-order valence-corrected chi connectivity index (χ4v) is 6.56. The largest absolute Gasteiger partial charge is 0.388 e.